The van der Waals surface area contributed by atoms with E-state index in [1.54, 1.807) is 11.0 Å². The average molecular weight is 346 g/mol. The molecule has 0 spiro atoms. The summed E-state index contributed by atoms with van der Waals surface area (Å²) in [4.78, 5) is 26.3. The molecule has 25 heavy (non-hydrogen) atoms. The SMILES string of the molecule is COC(=O)c1cn(C2CC2)c2cc(N3CC[C@H](O)C3)c(F)cc2c1=O. The normalized spacial score (nSPS) is 20.3. The van der Waals surface area contributed by atoms with Gasteiger partial charge in [-0.05, 0) is 31.4 Å². The molecule has 2 aliphatic rings. The van der Waals surface area contributed by atoms with Gasteiger partial charge in [0.1, 0.15) is 11.4 Å². The highest BCUT2D eigenvalue weighted by Crippen LogP contribution is 2.38. The summed E-state index contributed by atoms with van der Waals surface area (Å²) >= 11 is 0. The van der Waals surface area contributed by atoms with Crippen LogP contribution in [0.2, 0.25) is 0 Å². The molecule has 6 nitrogen and oxygen atoms in total. The van der Waals surface area contributed by atoms with E-state index in [4.69, 9.17) is 0 Å². The summed E-state index contributed by atoms with van der Waals surface area (Å²) in [5.74, 6) is -1.24. The van der Waals surface area contributed by atoms with Crippen molar-refractivity contribution in [3.05, 3.63) is 39.9 Å². The molecule has 4 rings (SSSR count). The molecule has 7 heteroatoms. The van der Waals surface area contributed by atoms with E-state index < -0.39 is 23.3 Å². The molecule has 1 saturated carbocycles. The third kappa shape index (κ3) is 2.68. The number of carbonyl (C=O) groups is 1. The molecule has 1 aliphatic carbocycles. The molecule has 132 valence electrons. The van der Waals surface area contributed by atoms with Crippen LogP contribution in [-0.2, 0) is 4.74 Å². The number of aliphatic hydroxyl groups excluding tert-OH is 1. The van der Waals surface area contributed by atoms with Gasteiger partial charge < -0.3 is 19.3 Å². The molecule has 0 bridgehead atoms. The van der Waals surface area contributed by atoms with Gasteiger partial charge in [0.2, 0.25) is 5.43 Å². The number of benzene rings is 1. The third-order valence-corrected chi connectivity index (χ3v) is 4.95. The molecule has 0 amide bonds. The number of anilines is 1. The maximum Gasteiger partial charge on any atom is 0.343 e. The van der Waals surface area contributed by atoms with Gasteiger partial charge in [0.25, 0.3) is 0 Å². The van der Waals surface area contributed by atoms with Crippen LogP contribution in [0.3, 0.4) is 0 Å². The molecular formula is C18H19FN2O4. The highest BCUT2D eigenvalue weighted by atomic mass is 19.1. The summed E-state index contributed by atoms with van der Waals surface area (Å²) in [6, 6.07) is 3.06. The second-order valence-electron chi connectivity index (χ2n) is 6.71. The summed E-state index contributed by atoms with van der Waals surface area (Å²) in [5, 5.41) is 9.89. The summed E-state index contributed by atoms with van der Waals surface area (Å²) < 4.78 is 21.2. The molecule has 1 saturated heterocycles. The molecule has 2 aromatic rings. The number of pyridine rings is 1. The number of esters is 1. The first kappa shape index (κ1) is 16.1. The minimum absolute atomic E-state index is 0.0781. The van der Waals surface area contributed by atoms with Gasteiger partial charge in [-0.15, -0.1) is 0 Å². The number of methoxy groups -OCH3 is 1. The van der Waals surface area contributed by atoms with Gasteiger partial charge in [-0.2, -0.15) is 0 Å². The molecule has 0 unspecified atom stereocenters. The van der Waals surface area contributed by atoms with Crippen molar-refractivity contribution in [2.45, 2.75) is 31.4 Å². The Morgan fingerprint density at radius 2 is 2.08 bits per heavy atom. The lowest BCUT2D eigenvalue weighted by Crippen LogP contribution is -2.24. The van der Waals surface area contributed by atoms with Crippen molar-refractivity contribution in [2.75, 3.05) is 25.1 Å². The lowest BCUT2D eigenvalue weighted by molar-refractivity contribution is 0.0598. The molecule has 1 N–H and O–H groups in total. The smallest absolute Gasteiger partial charge is 0.343 e. The minimum atomic E-state index is -0.714. The summed E-state index contributed by atoms with van der Waals surface area (Å²) in [5.41, 5.74) is 0.387. The molecule has 2 heterocycles. The van der Waals surface area contributed by atoms with Gasteiger partial charge in [-0.1, -0.05) is 0 Å². The number of aliphatic hydroxyl groups is 1. The van der Waals surface area contributed by atoms with E-state index in [-0.39, 0.29) is 17.0 Å². The quantitative estimate of drug-likeness (QED) is 0.859. The predicted octanol–water partition coefficient (Wildman–Crippen LogP) is 1.83. The lowest BCUT2D eigenvalue weighted by atomic mass is 10.1. The second kappa shape index (κ2) is 5.84. The van der Waals surface area contributed by atoms with Gasteiger partial charge in [-0.25, -0.2) is 9.18 Å². The Kier molecular flexibility index (Phi) is 3.76. The van der Waals surface area contributed by atoms with Crippen molar-refractivity contribution in [2.24, 2.45) is 0 Å². The standard InChI is InChI=1S/C18H19FN2O4/c1-25-18(24)13-9-21(10-2-3-10)15-7-16(20-5-4-11(22)8-20)14(19)6-12(15)17(13)23/h6-7,9-11,22H,2-5,8H2,1H3/t11-/m0/s1. The monoisotopic (exact) mass is 346 g/mol. The zero-order chi connectivity index (χ0) is 17.7. The van der Waals surface area contributed by atoms with Crippen molar-refractivity contribution in [1.29, 1.82) is 0 Å². The van der Waals surface area contributed by atoms with Gasteiger partial charge in [0.05, 0.1) is 24.4 Å². The van der Waals surface area contributed by atoms with Crippen LogP contribution >= 0.6 is 0 Å². The van der Waals surface area contributed by atoms with E-state index in [0.717, 1.165) is 12.8 Å². The predicted molar refractivity (Wildman–Crippen MR) is 90.6 cm³/mol. The van der Waals surface area contributed by atoms with Crippen molar-refractivity contribution >= 4 is 22.6 Å². The molecular weight excluding hydrogens is 327 g/mol. The van der Waals surface area contributed by atoms with Crippen LogP contribution in [0.1, 0.15) is 35.7 Å². The van der Waals surface area contributed by atoms with Gasteiger partial charge >= 0.3 is 5.97 Å². The van der Waals surface area contributed by atoms with Crippen molar-refractivity contribution in [1.82, 2.24) is 4.57 Å². The first-order valence-corrected chi connectivity index (χ1v) is 8.39. The number of rotatable bonds is 3. The molecule has 1 aliphatic heterocycles. The van der Waals surface area contributed by atoms with E-state index in [1.807, 2.05) is 4.57 Å². The zero-order valence-corrected chi connectivity index (χ0v) is 13.9. The molecule has 1 aromatic carbocycles. The zero-order valence-electron chi connectivity index (χ0n) is 13.9. The maximum atomic E-state index is 14.7. The Morgan fingerprint density at radius 1 is 1.32 bits per heavy atom. The van der Waals surface area contributed by atoms with Crippen LogP contribution in [0.15, 0.2) is 23.1 Å². The number of fused-ring (bicyclic) bond motifs is 1. The average Bonchev–Trinajstić information content (AvgIpc) is 3.35. The van der Waals surface area contributed by atoms with Crippen LogP contribution in [0.5, 0.6) is 0 Å². The van der Waals surface area contributed by atoms with Crippen LogP contribution in [0.25, 0.3) is 10.9 Å². The fourth-order valence-corrected chi connectivity index (χ4v) is 3.47. The Morgan fingerprint density at radius 3 is 2.68 bits per heavy atom. The Balaban J connectivity index is 1.94. The summed E-state index contributed by atoms with van der Waals surface area (Å²) in [7, 11) is 1.22. The summed E-state index contributed by atoms with van der Waals surface area (Å²) in [6.07, 6.45) is 3.55. The number of nitrogens with zero attached hydrogens (tertiary/aromatic N) is 2. The first-order chi connectivity index (χ1) is 12.0. The summed E-state index contributed by atoms with van der Waals surface area (Å²) in [6.45, 7) is 0.938. The van der Waals surface area contributed by atoms with Gasteiger partial charge in [0.15, 0.2) is 0 Å². The van der Waals surface area contributed by atoms with E-state index in [0.29, 0.717) is 30.7 Å². The maximum absolute atomic E-state index is 14.7. The van der Waals surface area contributed by atoms with Crippen LogP contribution < -0.4 is 10.3 Å². The Labute approximate surface area is 143 Å². The Hall–Kier alpha value is -2.41. The largest absolute Gasteiger partial charge is 0.465 e. The fourth-order valence-electron chi connectivity index (χ4n) is 3.47. The molecule has 2 fully saturated rings. The number of aromatic nitrogens is 1. The number of β-amino-alcohol motifs (C(OH)–C–C–N with tert-alkyl or cyclic N) is 1. The Bertz CT molecular complexity index is 919. The number of ether oxygens (including phenoxy) is 1. The van der Waals surface area contributed by atoms with Crippen LogP contribution in [-0.4, -0.2) is 41.9 Å². The lowest BCUT2D eigenvalue weighted by Gasteiger charge is -2.21. The number of hydrogen-bond acceptors (Lipinski definition) is 5. The topological polar surface area (TPSA) is 71.8 Å². The van der Waals surface area contributed by atoms with Crippen LogP contribution in [0.4, 0.5) is 10.1 Å². The molecule has 0 radical (unpaired) electrons. The van der Waals surface area contributed by atoms with Gasteiger partial charge in [-0.3, -0.25) is 4.79 Å². The van der Waals surface area contributed by atoms with E-state index >= 15 is 0 Å². The highest BCUT2D eigenvalue weighted by Gasteiger charge is 2.29. The number of carbonyl (C=O) groups excluding carboxylic acids is 1. The minimum Gasteiger partial charge on any atom is -0.465 e. The molecule has 1 aromatic heterocycles. The first-order valence-electron chi connectivity index (χ1n) is 8.39. The molecule has 1 atom stereocenters. The van der Waals surface area contributed by atoms with Gasteiger partial charge in [0, 0.05) is 30.7 Å². The third-order valence-electron chi connectivity index (χ3n) is 4.95. The second-order valence-corrected chi connectivity index (χ2v) is 6.71. The van der Waals surface area contributed by atoms with Crippen molar-refractivity contribution < 1.29 is 19.0 Å². The van der Waals surface area contributed by atoms with E-state index in [1.165, 1.54) is 19.4 Å². The number of hydrogen-bond donors (Lipinski definition) is 1. The van der Waals surface area contributed by atoms with E-state index in [9.17, 15) is 19.1 Å². The number of halogens is 1. The van der Waals surface area contributed by atoms with E-state index in [2.05, 4.69) is 4.74 Å². The van der Waals surface area contributed by atoms with Crippen molar-refractivity contribution in [3.63, 3.8) is 0 Å². The fraction of sp³-hybridized carbons (Fsp3) is 0.444. The highest BCUT2D eigenvalue weighted by molar-refractivity contribution is 5.94. The van der Waals surface area contributed by atoms with Crippen LogP contribution in [0, 0.1) is 5.82 Å². The van der Waals surface area contributed by atoms with Crippen molar-refractivity contribution in [3.8, 4) is 0 Å².